The highest BCUT2D eigenvalue weighted by atomic mass is 16.2. The van der Waals surface area contributed by atoms with Gasteiger partial charge < -0.3 is 10.6 Å². The molecule has 1 aliphatic carbocycles. The predicted molar refractivity (Wildman–Crippen MR) is 53.6 cm³/mol. The second-order valence-electron chi connectivity index (χ2n) is 3.73. The molecule has 2 amide bonds. The Bertz CT molecular complexity index is 228. The van der Waals surface area contributed by atoms with Crippen molar-refractivity contribution in [2.75, 3.05) is 7.05 Å². The van der Waals surface area contributed by atoms with Gasteiger partial charge in [-0.25, -0.2) is 4.79 Å². The molecule has 78 valence electrons. The smallest absolute Gasteiger partial charge is 0.315 e. The van der Waals surface area contributed by atoms with Crippen LogP contribution in [-0.2, 0) is 0 Å². The van der Waals surface area contributed by atoms with E-state index in [0.29, 0.717) is 5.92 Å². The van der Waals surface area contributed by atoms with E-state index in [9.17, 15) is 4.79 Å². The largest absolute Gasteiger partial charge is 0.341 e. The van der Waals surface area contributed by atoms with Gasteiger partial charge in [-0.1, -0.05) is 19.3 Å². The molecule has 0 aromatic carbocycles. The predicted octanol–water partition coefficient (Wildman–Crippen LogP) is 1.39. The first-order valence-electron chi connectivity index (χ1n) is 5.15. The number of carbonyl (C=O) groups excluding carboxylic acids is 1. The normalized spacial score (nSPS) is 19.4. The van der Waals surface area contributed by atoms with Crippen LogP contribution in [0.1, 0.15) is 32.1 Å². The van der Waals surface area contributed by atoms with E-state index in [-0.39, 0.29) is 12.1 Å². The Hall–Kier alpha value is -1.24. The van der Waals surface area contributed by atoms with Crippen LogP contribution >= 0.6 is 0 Å². The first-order valence-corrected chi connectivity index (χ1v) is 5.15. The number of rotatable bonds is 2. The molecule has 0 aromatic heterocycles. The highest BCUT2D eigenvalue weighted by Crippen LogP contribution is 2.26. The quantitative estimate of drug-likeness (QED) is 0.699. The Kier molecular flexibility index (Phi) is 4.24. The Morgan fingerprint density at radius 2 is 2.07 bits per heavy atom. The molecule has 0 radical (unpaired) electrons. The Labute approximate surface area is 84.7 Å². The minimum absolute atomic E-state index is 0.262. The van der Waals surface area contributed by atoms with Crippen molar-refractivity contribution in [3.63, 3.8) is 0 Å². The minimum atomic E-state index is -0.324. The average Bonchev–Trinajstić information content (AvgIpc) is 2.26. The van der Waals surface area contributed by atoms with Gasteiger partial charge in [-0.15, -0.1) is 0 Å². The summed E-state index contributed by atoms with van der Waals surface area (Å²) in [5.41, 5.74) is 0. The van der Waals surface area contributed by atoms with E-state index >= 15 is 0 Å². The molecule has 4 heteroatoms. The van der Waals surface area contributed by atoms with Crippen molar-refractivity contribution in [1.29, 1.82) is 5.26 Å². The fourth-order valence-electron chi connectivity index (χ4n) is 1.94. The summed E-state index contributed by atoms with van der Waals surface area (Å²) in [5, 5.41) is 14.1. The number of carbonyl (C=O) groups is 1. The summed E-state index contributed by atoms with van der Waals surface area (Å²) < 4.78 is 0. The molecule has 14 heavy (non-hydrogen) atoms. The second-order valence-corrected chi connectivity index (χ2v) is 3.73. The van der Waals surface area contributed by atoms with E-state index in [1.54, 1.807) is 7.05 Å². The molecule has 1 aliphatic rings. The summed E-state index contributed by atoms with van der Waals surface area (Å²) in [6.45, 7) is 0. The molecule has 1 fully saturated rings. The van der Waals surface area contributed by atoms with Gasteiger partial charge in [0.25, 0.3) is 0 Å². The van der Waals surface area contributed by atoms with Crippen LogP contribution in [0, 0.1) is 17.2 Å². The Balaban J connectivity index is 2.44. The molecular formula is C10H17N3O. The molecule has 0 saturated heterocycles. The summed E-state index contributed by atoms with van der Waals surface area (Å²) in [5.74, 6) is 0.339. The monoisotopic (exact) mass is 195 g/mol. The third kappa shape index (κ3) is 2.91. The molecule has 1 atom stereocenters. The standard InChI is InChI=1S/C10H17N3O/c1-12-10(14)13-9(7-11)8-5-3-2-4-6-8/h8-9H,2-6H2,1H3,(H2,12,13,14). The number of amides is 2. The molecule has 1 saturated carbocycles. The number of nitrogens with one attached hydrogen (secondary N) is 2. The molecule has 1 unspecified atom stereocenters. The number of hydrogen-bond acceptors (Lipinski definition) is 2. The van der Waals surface area contributed by atoms with E-state index in [0.717, 1.165) is 12.8 Å². The van der Waals surface area contributed by atoms with Crippen molar-refractivity contribution in [3.8, 4) is 6.07 Å². The van der Waals surface area contributed by atoms with Crippen molar-refractivity contribution in [1.82, 2.24) is 10.6 Å². The number of nitrogens with zero attached hydrogens (tertiary/aromatic N) is 1. The van der Waals surface area contributed by atoms with Gasteiger partial charge in [-0.2, -0.15) is 5.26 Å². The minimum Gasteiger partial charge on any atom is -0.341 e. The Morgan fingerprint density at radius 3 is 2.57 bits per heavy atom. The zero-order chi connectivity index (χ0) is 10.4. The summed E-state index contributed by atoms with van der Waals surface area (Å²) in [4.78, 5) is 11.1. The van der Waals surface area contributed by atoms with Gasteiger partial charge in [0.15, 0.2) is 0 Å². The van der Waals surface area contributed by atoms with E-state index in [2.05, 4.69) is 16.7 Å². The van der Waals surface area contributed by atoms with Crippen LogP contribution in [0.25, 0.3) is 0 Å². The molecule has 0 spiro atoms. The molecule has 0 aromatic rings. The highest BCUT2D eigenvalue weighted by Gasteiger charge is 2.24. The van der Waals surface area contributed by atoms with E-state index < -0.39 is 0 Å². The maximum Gasteiger partial charge on any atom is 0.315 e. The summed E-state index contributed by atoms with van der Waals surface area (Å²) in [7, 11) is 1.56. The van der Waals surface area contributed by atoms with Gasteiger partial charge in [-0.05, 0) is 18.8 Å². The number of urea groups is 1. The average molecular weight is 195 g/mol. The third-order valence-corrected chi connectivity index (χ3v) is 2.77. The lowest BCUT2D eigenvalue weighted by atomic mass is 9.84. The van der Waals surface area contributed by atoms with Crippen LogP contribution in [0.5, 0.6) is 0 Å². The second kappa shape index (κ2) is 5.48. The molecule has 0 heterocycles. The summed E-state index contributed by atoms with van der Waals surface area (Å²) >= 11 is 0. The molecule has 2 N–H and O–H groups in total. The van der Waals surface area contributed by atoms with Gasteiger partial charge in [0.2, 0.25) is 0 Å². The molecular weight excluding hydrogens is 178 g/mol. The number of hydrogen-bond donors (Lipinski definition) is 2. The zero-order valence-electron chi connectivity index (χ0n) is 8.55. The molecule has 0 aliphatic heterocycles. The van der Waals surface area contributed by atoms with Crippen LogP contribution in [-0.4, -0.2) is 19.1 Å². The Morgan fingerprint density at radius 1 is 1.43 bits per heavy atom. The lowest BCUT2D eigenvalue weighted by molar-refractivity contribution is 0.232. The van der Waals surface area contributed by atoms with Crippen LogP contribution in [0.3, 0.4) is 0 Å². The first kappa shape index (κ1) is 10.8. The molecule has 4 nitrogen and oxygen atoms in total. The molecule has 0 bridgehead atoms. The fourth-order valence-corrected chi connectivity index (χ4v) is 1.94. The van der Waals surface area contributed by atoms with Crippen molar-refractivity contribution >= 4 is 6.03 Å². The lowest BCUT2D eigenvalue weighted by Crippen LogP contribution is -2.44. The summed E-state index contributed by atoms with van der Waals surface area (Å²) in [6.07, 6.45) is 5.73. The van der Waals surface area contributed by atoms with Crippen molar-refractivity contribution in [2.45, 2.75) is 38.1 Å². The van der Waals surface area contributed by atoms with Crippen molar-refractivity contribution in [2.24, 2.45) is 5.92 Å². The van der Waals surface area contributed by atoms with Crippen LogP contribution in [0.4, 0.5) is 4.79 Å². The molecule has 1 rings (SSSR count). The van der Waals surface area contributed by atoms with E-state index in [1.165, 1.54) is 19.3 Å². The van der Waals surface area contributed by atoms with E-state index in [4.69, 9.17) is 5.26 Å². The van der Waals surface area contributed by atoms with Crippen LogP contribution in [0.15, 0.2) is 0 Å². The van der Waals surface area contributed by atoms with Crippen molar-refractivity contribution in [3.05, 3.63) is 0 Å². The SMILES string of the molecule is CNC(=O)NC(C#N)C1CCCCC1. The number of nitriles is 1. The van der Waals surface area contributed by atoms with Crippen LogP contribution < -0.4 is 10.6 Å². The zero-order valence-corrected chi connectivity index (χ0v) is 8.55. The van der Waals surface area contributed by atoms with Gasteiger partial charge in [-0.3, -0.25) is 0 Å². The lowest BCUT2D eigenvalue weighted by Gasteiger charge is -2.26. The third-order valence-electron chi connectivity index (χ3n) is 2.77. The maximum atomic E-state index is 11.1. The van der Waals surface area contributed by atoms with Gasteiger partial charge >= 0.3 is 6.03 Å². The van der Waals surface area contributed by atoms with E-state index in [1.807, 2.05) is 0 Å². The van der Waals surface area contributed by atoms with Gasteiger partial charge in [0.05, 0.1) is 6.07 Å². The van der Waals surface area contributed by atoms with Crippen molar-refractivity contribution < 1.29 is 4.79 Å². The van der Waals surface area contributed by atoms with Gasteiger partial charge in [0.1, 0.15) is 6.04 Å². The topological polar surface area (TPSA) is 64.9 Å². The van der Waals surface area contributed by atoms with Crippen LogP contribution in [0.2, 0.25) is 0 Å². The first-order chi connectivity index (χ1) is 6.77. The fraction of sp³-hybridized carbons (Fsp3) is 0.800. The highest BCUT2D eigenvalue weighted by molar-refractivity contribution is 5.74. The maximum absolute atomic E-state index is 11.1. The van der Waals surface area contributed by atoms with Gasteiger partial charge in [0, 0.05) is 7.05 Å². The summed E-state index contributed by atoms with van der Waals surface area (Å²) in [6, 6.07) is 1.58.